The van der Waals surface area contributed by atoms with Gasteiger partial charge in [0.25, 0.3) is 5.91 Å². The fourth-order valence-electron chi connectivity index (χ4n) is 2.14. The van der Waals surface area contributed by atoms with Crippen LogP contribution in [0.5, 0.6) is 0 Å². The molecule has 0 aromatic heterocycles. The van der Waals surface area contributed by atoms with Gasteiger partial charge in [0.2, 0.25) is 0 Å². The lowest BCUT2D eigenvalue weighted by Gasteiger charge is -2.12. The van der Waals surface area contributed by atoms with Gasteiger partial charge in [0.1, 0.15) is 0 Å². The van der Waals surface area contributed by atoms with Crippen molar-refractivity contribution in [3.63, 3.8) is 0 Å². The monoisotopic (exact) mass is 253 g/mol. The highest BCUT2D eigenvalue weighted by Gasteiger charge is 2.24. The van der Waals surface area contributed by atoms with Crippen molar-refractivity contribution in [3.05, 3.63) is 34.3 Å². The maximum atomic E-state index is 11.9. The Bertz CT molecular complexity index is 433. The first-order chi connectivity index (χ1) is 8.06. The Kier molecular flexibility index (Phi) is 3.69. The maximum Gasteiger partial charge on any atom is 0.251 e. The van der Waals surface area contributed by atoms with Crippen molar-refractivity contribution < 1.29 is 9.90 Å². The second-order valence-corrected chi connectivity index (χ2v) is 5.01. The third-order valence-electron chi connectivity index (χ3n) is 3.16. The van der Waals surface area contributed by atoms with Crippen LogP contribution in [0, 0.1) is 6.92 Å². The van der Waals surface area contributed by atoms with Crippen LogP contribution in [0.2, 0.25) is 5.02 Å². The first-order valence-electron chi connectivity index (χ1n) is 5.81. The molecule has 3 nitrogen and oxygen atoms in total. The summed E-state index contributed by atoms with van der Waals surface area (Å²) in [5, 5.41) is 13.0. The molecule has 2 atom stereocenters. The molecule has 1 aromatic carbocycles. The van der Waals surface area contributed by atoms with Gasteiger partial charge in [-0.2, -0.15) is 0 Å². The quantitative estimate of drug-likeness (QED) is 0.850. The van der Waals surface area contributed by atoms with E-state index in [2.05, 4.69) is 5.32 Å². The van der Waals surface area contributed by atoms with Crippen molar-refractivity contribution >= 4 is 17.5 Å². The molecule has 1 saturated carbocycles. The SMILES string of the molecule is Cc1cc(C(=O)N[C@H]2CC[C@@H](O)C2)ccc1Cl. The summed E-state index contributed by atoms with van der Waals surface area (Å²) < 4.78 is 0. The van der Waals surface area contributed by atoms with E-state index in [9.17, 15) is 9.90 Å². The van der Waals surface area contributed by atoms with E-state index in [0.717, 1.165) is 18.4 Å². The molecule has 0 heterocycles. The normalized spacial score (nSPS) is 23.7. The summed E-state index contributed by atoms with van der Waals surface area (Å²) in [6.07, 6.45) is 2.00. The third-order valence-corrected chi connectivity index (χ3v) is 3.58. The molecule has 2 rings (SSSR count). The van der Waals surface area contributed by atoms with Crippen molar-refractivity contribution in [2.45, 2.75) is 38.3 Å². The predicted molar refractivity (Wildman–Crippen MR) is 67.3 cm³/mol. The molecular weight excluding hydrogens is 238 g/mol. The minimum atomic E-state index is -0.271. The van der Waals surface area contributed by atoms with E-state index in [-0.39, 0.29) is 18.1 Å². The number of aryl methyl sites for hydroxylation is 1. The van der Waals surface area contributed by atoms with E-state index >= 15 is 0 Å². The first kappa shape index (κ1) is 12.4. The maximum absolute atomic E-state index is 11.9. The van der Waals surface area contributed by atoms with Gasteiger partial charge >= 0.3 is 0 Å². The summed E-state index contributed by atoms with van der Waals surface area (Å²) in [7, 11) is 0. The standard InChI is InChI=1S/C13H16ClNO2/c1-8-6-9(2-5-12(8)14)13(17)15-10-3-4-11(16)7-10/h2,5-6,10-11,16H,3-4,7H2,1H3,(H,15,17)/t10-,11+/m0/s1. The molecule has 1 fully saturated rings. The lowest BCUT2D eigenvalue weighted by molar-refractivity contribution is 0.0934. The van der Waals surface area contributed by atoms with Gasteiger partial charge in [-0.15, -0.1) is 0 Å². The van der Waals surface area contributed by atoms with Crippen molar-refractivity contribution in [1.29, 1.82) is 0 Å². The van der Waals surface area contributed by atoms with Gasteiger partial charge in [-0.3, -0.25) is 4.79 Å². The molecule has 1 aliphatic carbocycles. The molecule has 92 valence electrons. The molecule has 4 heteroatoms. The van der Waals surface area contributed by atoms with Crippen LogP contribution in [0.15, 0.2) is 18.2 Å². The molecule has 0 radical (unpaired) electrons. The minimum absolute atomic E-state index is 0.0912. The second-order valence-electron chi connectivity index (χ2n) is 4.60. The molecular formula is C13H16ClNO2. The van der Waals surface area contributed by atoms with E-state index in [1.165, 1.54) is 0 Å². The topological polar surface area (TPSA) is 49.3 Å². The number of hydrogen-bond acceptors (Lipinski definition) is 2. The highest BCUT2D eigenvalue weighted by Crippen LogP contribution is 2.20. The van der Waals surface area contributed by atoms with Crippen LogP contribution in [0.1, 0.15) is 35.2 Å². The van der Waals surface area contributed by atoms with Crippen LogP contribution in [0.3, 0.4) is 0 Å². The van der Waals surface area contributed by atoms with Crippen molar-refractivity contribution in [1.82, 2.24) is 5.32 Å². The van der Waals surface area contributed by atoms with Crippen molar-refractivity contribution in [3.8, 4) is 0 Å². The van der Waals surface area contributed by atoms with Crippen molar-refractivity contribution in [2.75, 3.05) is 0 Å². The minimum Gasteiger partial charge on any atom is -0.393 e. The number of nitrogens with one attached hydrogen (secondary N) is 1. The summed E-state index contributed by atoms with van der Waals surface area (Å²) in [4.78, 5) is 11.9. The molecule has 0 bridgehead atoms. The van der Waals surface area contributed by atoms with Gasteiger partial charge in [0, 0.05) is 16.6 Å². The predicted octanol–water partition coefficient (Wildman–Crippen LogP) is 2.29. The van der Waals surface area contributed by atoms with Crippen LogP contribution in [0.25, 0.3) is 0 Å². The fourth-order valence-corrected chi connectivity index (χ4v) is 2.26. The largest absolute Gasteiger partial charge is 0.393 e. The number of aliphatic hydroxyl groups is 1. The van der Waals surface area contributed by atoms with Crippen LogP contribution in [-0.4, -0.2) is 23.2 Å². The number of benzene rings is 1. The van der Waals surface area contributed by atoms with E-state index in [0.29, 0.717) is 17.0 Å². The third kappa shape index (κ3) is 2.99. The number of rotatable bonds is 2. The summed E-state index contributed by atoms with van der Waals surface area (Å²) in [5.41, 5.74) is 1.51. The van der Waals surface area contributed by atoms with Crippen LogP contribution in [0.4, 0.5) is 0 Å². The average molecular weight is 254 g/mol. The van der Waals surface area contributed by atoms with Gasteiger partial charge in [0.05, 0.1) is 6.10 Å². The molecule has 17 heavy (non-hydrogen) atoms. The second kappa shape index (κ2) is 5.07. The fraction of sp³-hybridized carbons (Fsp3) is 0.462. The molecule has 0 unspecified atom stereocenters. The van der Waals surface area contributed by atoms with Gasteiger partial charge in [-0.1, -0.05) is 11.6 Å². The number of carbonyl (C=O) groups is 1. The summed E-state index contributed by atoms with van der Waals surface area (Å²) in [6, 6.07) is 5.32. The lowest BCUT2D eigenvalue weighted by Crippen LogP contribution is -2.33. The number of amides is 1. The zero-order valence-electron chi connectivity index (χ0n) is 9.74. The highest BCUT2D eigenvalue weighted by molar-refractivity contribution is 6.31. The molecule has 0 aliphatic heterocycles. The zero-order chi connectivity index (χ0) is 12.4. The van der Waals surface area contributed by atoms with Crippen LogP contribution < -0.4 is 5.32 Å². The van der Waals surface area contributed by atoms with Crippen LogP contribution >= 0.6 is 11.6 Å². The first-order valence-corrected chi connectivity index (χ1v) is 6.19. The van der Waals surface area contributed by atoms with Gasteiger partial charge in [0.15, 0.2) is 0 Å². The lowest BCUT2D eigenvalue weighted by atomic mass is 10.1. The zero-order valence-corrected chi connectivity index (χ0v) is 10.5. The Morgan fingerprint density at radius 3 is 2.82 bits per heavy atom. The van der Waals surface area contributed by atoms with E-state index in [1.807, 2.05) is 6.92 Å². The molecule has 2 N–H and O–H groups in total. The molecule has 0 spiro atoms. The van der Waals surface area contributed by atoms with Gasteiger partial charge in [-0.25, -0.2) is 0 Å². The van der Waals surface area contributed by atoms with E-state index in [1.54, 1.807) is 18.2 Å². The Labute approximate surface area is 106 Å². The smallest absolute Gasteiger partial charge is 0.251 e. The van der Waals surface area contributed by atoms with Gasteiger partial charge in [-0.05, 0) is 49.9 Å². The molecule has 1 amide bonds. The van der Waals surface area contributed by atoms with E-state index < -0.39 is 0 Å². The Morgan fingerprint density at radius 2 is 2.24 bits per heavy atom. The van der Waals surface area contributed by atoms with Gasteiger partial charge < -0.3 is 10.4 Å². The number of hydrogen-bond donors (Lipinski definition) is 2. The van der Waals surface area contributed by atoms with E-state index in [4.69, 9.17) is 11.6 Å². The number of halogens is 1. The summed E-state index contributed by atoms with van der Waals surface area (Å²) in [6.45, 7) is 1.87. The Balaban J connectivity index is 2.02. The Hall–Kier alpha value is -1.06. The number of carbonyl (C=O) groups excluding carboxylic acids is 1. The van der Waals surface area contributed by atoms with Crippen molar-refractivity contribution in [2.24, 2.45) is 0 Å². The highest BCUT2D eigenvalue weighted by atomic mass is 35.5. The number of aliphatic hydroxyl groups excluding tert-OH is 1. The molecule has 1 aromatic rings. The Morgan fingerprint density at radius 1 is 1.47 bits per heavy atom. The average Bonchev–Trinajstić information content (AvgIpc) is 2.68. The molecule has 1 aliphatic rings. The summed E-state index contributed by atoms with van der Waals surface area (Å²) >= 11 is 5.91. The van der Waals surface area contributed by atoms with Crippen LogP contribution in [-0.2, 0) is 0 Å². The molecule has 0 saturated heterocycles. The summed E-state index contributed by atoms with van der Waals surface area (Å²) in [5.74, 6) is -0.0936.